The summed E-state index contributed by atoms with van der Waals surface area (Å²) in [6.45, 7) is 0. The fourth-order valence-corrected chi connectivity index (χ4v) is 1.29. The number of aromatic nitrogens is 1. The van der Waals surface area contributed by atoms with Crippen LogP contribution < -0.4 is 10.1 Å². The van der Waals surface area contributed by atoms with Crippen molar-refractivity contribution < 1.29 is 14.5 Å². The number of ether oxygens (including phenoxy) is 1. The molecule has 18 heavy (non-hydrogen) atoms. The highest BCUT2D eigenvalue weighted by Crippen LogP contribution is 2.17. The molecule has 0 spiro atoms. The van der Waals surface area contributed by atoms with Gasteiger partial charge in [-0.05, 0) is 18.2 Å². The lowest BCUT2D eigenvalue weighted by Gasteiger charge is -2.04. The van der Waals surface area contributed by atoms with Crippen molar-refractivity contribution in [3.05, 3.63) is 52.8 Å². The van der Waals surface area contributed by atoms with Crippen LogP contribution in [0.5, 0.6) is 5.75 Å². The number of benzene rings is 1. The molecule has 1 heterocycles. The molecule has 0 unspecified atom stereocenters. The first-order chi connectivity index (χ1) is 8.65. The van der Waals surface area contributed by atoms with Crippen LogP contribution in [-0.2, 0) is 0 Å². The van der Waals surface area contributed by atoms with E-state index in [2.05, 4.69) is 10.3 Å². The molecule has 2 rings (SSSR count). The van der Waals surface area contributed by atoms with E-state index in [0.29, 0.717) is 5.69 Å². The van der Waals surface area contributed by atoms with Gasteiger partial charge in [0.1, 0.15) is 5.75 Å². The Bertz CT molecular complexity index is 548. The van der Waals surface area contributed by atoms with E-state index >= 15 is 0 Å². The van der Waals surface area contributed by atoms with Crippen molar-refractivity contribution in [3.8, 4) is 5.75 Å². The first-order valence-electron chi connectivity index (χ1n) is 5.01. The van der Waals surface area contributed by atoms with Crippen molar-refractivity contribution in [2.45, 2.75) is 0 Å². The number of carbonyl (C=O) groups excluding carboxylic acids is 1. The predicted molar refractivity (Wildman–Crippen MR) is 63.5 cm³/mol. The highest BCUT2D eigenvalue weighted by atomic mass is 16.6. The van der Waals surface area contributed by atoms with E-state index in [1.54, 1.807) is 18.5 Å². The second-order valence-electron chi connectivity index (χ2n) is 3.37. The Morgan fingerprint density at radius 2 is 2.00 bits per heavy atom. The van der Waals surface area contributed by atoms with Gasteiger partial charge in [-0.25, -0.2) is 4.79 Å². The van der Waals surface area contributed by atoms with Crippen LogP contribution in [0.4, 0.5) is 16.2 Å². The van der Waals surface area contributed by atoms with E-state index in [4.69, 9.17) is 4.74 Å². The Morgan fingerprint density at radius 1 is 1.28 bits per heavy atom. The molecule has 7 heteroatoms. The van der Waals surface area contributed by atoms with E-state index in [9.17, 15) is 14.9 Å². The van der Waals surface area contributed by atoms with Crippen LogP contribution in [0.1, 0.15) is 0 Å². The topological polar surface area (TPSA) is 97.3 Å². The molecule has 0 bridgehead atoms. The number of hydrogen-bond acceptors (Lipinski definition) is 4. The number of H-pyrrole nitrogens is 1. The second-order valence-corrected chi connectivity index (χ2v) is 3.37. The average molecular weight is 247 g/mol. The zero-order chi connectivity index (χ0) is 13.0. The Labute approximate surface area is 102 Å². The zero-order valence-corrected chi connectivity index (χ0v) is 9.12. The van der Waals surface area contributed by atoms with Crippen LogP contribution in [0, 0.1) is 10.1 Å². The van der Waals surface area contributed by atoms with Crippen LogP contribution in [0.25, 0.3) is 0 Å². The molecule has 0 aliphatic carbocycles. The monoisotopic (exact) mass is 247 g/mol. The standard InChI is InChI=1S/C11H9N3O4/c15-11(13-8-5-6-12-7-8)18-10-3-1-9(2-4-10)14(16)17/h1-7,12H,(H,13,15). The van der Waals surface area contributed by atoms with E-state index in [1.165, 1.54) is 24.3 Å². The van der Waals surface area contributed by atoms with Crippen molar-refractivity contribution in [1.29, 1.82) is 0 Å². The number of carbonyl (C=O) groups is 1. The molecule has 2 N–H and O–H groups in total. The minimum atomic E-state index is -0.663. The largest absolute Gasteiger partial charge is 0.417 e. The van der Waals surface area contributed by atoms with Gasteiger partial charge in [-0.1, -0.05) is 0 Å². The number of rotatable bonds is 3. The highest BCUT2D eigenvalue weighted by Gasteiger charge is 2.08. The van der Waals surface area contributed by atoms with Crippen LogP contribution >= 0.6 is 0 Å². The Kier molecular flexibility index (Phi) is 3.24. The van der Waals surface area contributed by atoms with Crippen LogP contribution in [-0.4, -0.2) is 16.0 Å². The summed E-state index contributed by atoms with van der Waals surface area (Å²) < 4.78 is 4.94. The Hall–Kier alpha value is -2.83. The SMILES string of the molecule is O=C(Nc1cc[nH]c1)Oc1ccc([N+](=O)[O-])cc1. The third-order valence-corrected chi connectivity index (χ3v) is 2.10. The van der Waals surface area contributed by atoms with Crippen molar-refractivity contribution in [2.24, 2.45) is 0 Å². The predicted octanol–water partition coefficient (Wildman–Crippen LogP) is 2.53. The summed E-state index contributed by atoms with van der Waals surface area (Å²) in [4.78, 5) is 24.1. The molecule has 7 nitrogen and oxygen atoms in total. The van der Waals surface area contributed by atoms with Crippen LogP contribution in [0.15, 0.2) is 42.7 Å². The minimum absolute atomic E-state index is 0.0617. The number of hydrogen-bond donors (Lipinski definition) is 2. The maximum absolute atomic E-state index is 11.4. The average Bonchev–Trinajstić information content (AvgIpc) is 2.82. The van der Waals surface area contributed by atoms with Gasteiger partial charge in [-0.15, -0.1) is 0 Å². The normalized spacial score (nSPS) is 9.78. The van der Waals surface area contributed by atoms with E-state index in [1.807, 2.05) is 0 Å². The van der Waals surface area contributed by atoms with Gasteiger partial charge >= 0.3 is 6.09 Å². The van der Waals surface area contributed by atoms with Crippen LogP contribution in [0.2, 0.25) is 0 Å². The van der Waals surface area contributed by atoms with Gasteiger partial charge in [0.2, 0.25) is 0 Å². The summed E-state index contributed by atoms with van der Waals surface area (Å²) in [5, 5.41) is 12.9. The zero-order valence-electron chi connectivity index (χ0n) is 9.12. The van der Waals surface area contributed by atoms with Crippen molar-refractivity contribution in [3.63, 3.8) is 0 Å². The Balaban J connectivity index is 1.97. The van der Waals surface area contributed by atoms with Crippen molar-refractivity contribution in [1.82, 2.24) is 4.98 Å². The molecule has 0 radical (unpaired) electrons. The second kappa shape index (κ2) is 5.00. The van der Waals surface area contributed by atoms with E-state index in [0.717, 1.165) is 0 Å². The summed E-state index contributed by atoms with van der Waals surface area (Å²) in [7, 11) is 0. The number of non-ortho nitro benzene ring substituents is 1. The Morgan fingerprint density at radius 3 is 2.56 bits per heavy atom. The molecule has 1 aromatic heterocycles. The molecule has 1 amide bonds. The first-order valence-corrected chi connectivity index (χ1v) is 5.01. The molecule has 1 aromatic carbocycles. The minimum Gasteiger partial charge on any atom is -0.410 e. The smallest absolute Gasteiger partial charge is 0.410 e. The van der Waals surface area contributed by atoms with Crippen molar-refractivity contribution >= 4 is 17.5 Å². The van der Waals surface area contributed by atoms with E-state index < -0.39 is 11.0 Å². The molecular weight excluding hydrogens is 238 g/mol. The summed E-state index contributed by atoms with van der Waals surface area (Å²) in [6.07, 6.45) is 2.59. The number of nitrogens with one attached hydrogen (secondary N) is 2. The molecule has 0 atom stereocenters. The van der Waals surface area contributed by atoms with Gasteiger partial charge in [0.05, 0.1) is 10.6 Å². The number of aromatic amines is 1. The van der Waals surface area contributed by atoms with Gasteiger partial charge in [-0.2, -0.15) is 0 Å². The quantitative estimate of drug-likeness (QED) is 0.643. The molecule has 0 fully saturated rings. The lowest BCUT2D eigenvalue weighted by atomic mass is 10.3. The fraction of sp³-hybridized carbons (Fsp3) is 0. The summed E-state index contributed by atoms with van der Waals surface area (Å²) >= 11 is 0. The highest BCUT2D eigenvalue weighted by molar-refractivity contribution is 5.86. The third-order valence-electron chi connectivity index (χ3n) is 2.10. The van der Waals surface area contributed by atoms with E-state index in [-0.39, 0.29) is 11.4 Å². The van der Waals surface area contributed by atoms with Gasteiger partial charge in [0.15, 0.2) is 0 Å². The van der Waals surface area contributed by atoms with Gasteiger partial charge in [0, 0.05) is 24.5 Å². The number of anilines is 1. The molecule has 92 valence electrons. The fourth-order valence-electron chi connectivity index (χ4n) is 1.29. The molecular formula is C11H9N3O4. The molecule has 0 saturated carbocycles. The summed E-state index contributed by atoms with van der Waals surface area (Å²) in [5.74, 6) is 0.230. The maximum atomic E-state index is 11.4. The number of nitro benzene ring substituents is 1. The lowest BCUT2D eigenvalue weighted by Crippen LogP contribution is -2.16. The summed E-state index contributed by atoms with van der Waals surface area (Å²) in [5.41, 5.74) is 0.510. The first kappa shape index (κ1) is 11.6. The number of nitro groups is 1. The number of nitrogens with zero attached hydrogens (tertiary/aromatic N) is 1. The third kappa shape index (κ3) is 2.85. The van der Waals surface area contributed by atoms with Gasteiger partial charge in [-0.3, -0.25) is 15.4 Å². The maximum Gasteiger partial charge on any atom is 0.417 e. The van der Waals surface area contributed by atoms with Crippen molar-refractivity contribution in [2.75, 3.05) is 5.32 Å². The molecule has 0 aliphatic rings. The van der Waals surface area contributed by atoms with Gasteiger partial charge < -0.3 is 9.72 Å². The molecule has 0 saturated heterocycles. The van der Waals surface area contributed by atoms with Crippen LogP contribution in [0.3, 0.4) is 0 Å². The van der Waals surface area contributed by atoms with Gasteiger partial charge in [0.25, 0.3) is 5.69 Å². The lowest BCUT2D eigenvalue weighted by molar-refractivity contribution is -0.384. The molecule has 2 aromatic rings. The molecule has 0 aliphatic heterocycles. The summed E-state index contributed by atoms with van der Waals surface area (Å²) in [6, 6.07) is 6.90. The number of amides is 1.